The van der Waals surface area contributed by atoms with Crippen LogP contribution < -0.4 is 9.80 Å². The molecular weight excluding hydrogens is 291 g/mol. The standard InChI is InChI=1S/C15H15FN2O2S/c16-11-1-3-12(4-2-11)17-7-9-18(10-8-17)14-6-5-13(21-14)15(19)20/h1-6H,7-10H2,(H,19,20). The fraction of sp³-hybridized carbons (Fsp3) is 0.267. The molecule has 1 fully saturated rings. The normalized spacial score (nSPS) is 15.3. The van der Waals surface area contributed by atoms with Crippen molar-refractivity contribution in [1.29, 1.82) is 0 Å². The van der Waals surface area contributed by atoms with E-state index in [4.69, 9.17) is 5.11 Å². The molecule has 21 heavy (non-hydrogen) atoms. The van der Waals surface area contributed by atoms with Crippen molar-refractivity contribution in [3.63, 3.8) is 0 Å². The second-order valence-electron chi connectivity index (χ2n) is 4.89. The summed E-state index contributed by atoms with van der Waals surface area (Å²) < 4.78 is 12.9. The number of thiophene rings is 1. The highest BCUT2D eigenvalue weighted by Gasteiger charge is 2.19. The molecule has 1 aliphatic heterocycles. The van der Waals surface area contributed by atoms with Gasteiger partial charge in [-0.3, -0.25) is 0 Å². The largest absolute Gasteiger partial charge is 0.477 e. The minimum absolute atomic E-state index is 0.225. The van der Waals surface area contributed by atoms with Gasteiger partial charge in [0, 0.05) is 31.9 Å². The first-order valence-electron chi connectivity index (χ1n) is 6.72. The molecule has 0 radical (unpaired) electrons. The van der Waals surface area contributed by atoms with Gasteiger partial charge in [-0.25, -0.2) is 9.18 Å². The van der Waals surface area contributed by atoms with Gasteiger partial charge in [0.1, 0.15) is 10.7 Å². The number of carboxylic acid groups (broad SMARTS) is 1. The predicted molar refractivity (Wildman–Crippen MR) is 82.1 cm³/mol. The predicted octanol–water partition coefficient (Wildman–Crippen LogP) is 2.91. The van der Waals surface area contributed by atoms with Crippen molar-refractivity contribution in [2.45, 2.75) is 0 Å². The van der Waals surface area contributed by atoms with Crippen LogP contribution in [0.5, 0.6) is 0 Å². The monoisotopic (exact) mass is 306 g/mol. The summed E-state index contributed by atoms with van der Waals surface area (Å²) in [5.74, 6) is -1.10. The lowest BCUT2D eigenvalue weighted by Gasteiger charge is -2.36. The van der Waals surface area contributed by atoms with Gasteiger partial charge in [0.05, 0.1) is 5.00 Å². The first kappa shape index (κ1) is 13.9. The number of halogens is 1. The number of hydrogen-bond acceptors (Lipinski definition) is 4. The Labute approximate surface area is 126 Å². The molecule has 110 valence electrons. The molecule has 0 aliphatic carbocycles. The molecule has 1 aliphatic rings. The number of anilines is 2. The van der Waals surface area contributed by atoms with Crippen LogP contribution in [0.1, 0.15) is 9.67 Å². The number of aromatic carboxylic acids is 1. The van der Waals surface area contributed by atoms with Crippen LogP contribution in [-0.4, -0.2) is 37.3 Å². The molecule has 6 heteroatoms. The number of rotatable bonds is 3. The molecule has 2 aromatic rings. The zero-order valence-corrected chi connectivity index (χ0v) is 12.1. The molecule has 0 atom stereocenters. The smallest absolute Gasteiger partial charge is 0.345 e. The van der Waals surface area contributed by atoms with Gasteiger partial charge in [-0.2, -0.15) is 0 Å². The Hall–Kier alpha value is -2.08. The van der Waals surface area contributed by atoms with Gasteiger partial charge in [-0.15, -0.1) is 11.3 Å². The Bertz CT molecular complexity index is 633. The summed E-state index contributed by atoms with van der Waals surface area (Å²) in [5, 5.41) is 9.95. The number of hydrogen-bond donors (Lipinski definition) is 1. The zero-order valence-electron chi connectivity index (χ0n) is 11.3. The Kier molecular flexibility index (Phi) is 3.79. The zero-order chi connectivity index (χ0) is 14.8. The lowest BCUT2D eigenvalue weighted by Crippen LogP contribution is -2.46. The van der Waals surface area contributed by atoms with E-state index in [9.17, 15) is 9.18 Å². The molecule has 0 spiro atoms. The van der Waals surface area contributed by atoms with E-state index in [-0.39, 0.29) is 5.82 Å². The van der Waals surface area contributed by atoms with Crippen LogP contribution in [-0.2, 0) is 0 Å². The maximum absolute atomic E-state index is 12.9. The summed E-state index contributed by atoms with van der Waals surface area (Å²) in [6.07, 6.45) is 0. The Morgan fingerprint density at radius 2 is 1.62 bits per heavy atom. The summed E-state index contributed by atoms with van der Waals surface area (Å²) >= 11 is 1.30. The van der Waals surface area contributed by atoms with Gasteiger partial charge < -0.3 is 14.9 Å². The molecule has 2 heterocycles. The summed E-state index contributed by atoms with van der Waals surface area (Å²) in [7, 11) is 0. The quantitative estimate of drug-likeness (QED) is 0.947. The van der Waals surface area contributed by atoms with E-state index in [0.29, 0.717) is 4.88 Å². The number of carboxylic acids is 1. The maximum Gasteiger partial charge on any atom is 0.345 e. The molecule has 1 aromatic heterocycles. The van der Waals surface area contributed by atoms with Crippen LogP contribution in [0.4, 0.5) is 15.1 Å². The van der Waals surface area contributed by atoms with E-state index in [2.05, 4.69) is 9.80 Å². The van der Waals surface area contributed by atoms with Gasteiger partial charge in [0.25, 0.3) is 0 Å². The van der Waals surface area contributed by atoms with E-state index < -0.39 is 5.97 Å². The minimum Gasteiger partial charge on any atom is -0.477 e. The molecule has 0 amide bonds. The first-order valence-corrected chi connectivity index (χ1v) is 7.54. The maximum atomic E-state index is 12.9. The lowest BCUT2D eigenvalue weighted by atomic mass is 10.2. The van der Waals surface area contributed by atoms with Crippen LogP contribution in [0.15, 0.2) is 36.4 Å². The van der Waals surface area contributed by atoms with Crippen molar-refractivity contribution < 1.29 is 14.3 Å². The van der Waals surface area contributed by atoms with E-state index >= 15 is 0 Å². The molecule has 0 bridgehead atoms. The highest BCUT2D eigenvalue weighted by Crippen LogP contribution is 2.28. The molecular formula is C15H15FN2O2S. The third kappa shape index (κ3) is 3.00. The Morgan fingerprint density at radius 1 is 1.00 bits per heavy atom. The number of nitrogens with zero attached hydrogens (tertiary/aromatic N) is 2. The third-order valence-corrected chi connectivity index (χ3v) is 4.72. The Balaban J connectivity index is 1.64. The number of carbonyl (C=O) groups is 1. The van der Waals surface area contributed by atoms with Crippen LogP contribution in [0.3, 0.4) is 0 Å². The highest BCUT2D eigenvalue weighted by molar-refractivity contribution is 7.17. The van der Waals surface area contributed by atoms with Crippen LogP contribution in [0.25, 0.3) is 0 Å². The van der Waals surface area contributed by atoms with Gasteiger partial charge >= 0.3 is 5.97 Å². The molecule has 1 N–H and O–H groups in total. The fourth-order valence-corrected chi connectivity index (χ4v) is 3.35. The van der Waals surface area contributed by atoms with Gasteiger partial charge in [-0.05, 0) is 36.4 Å². The van der Waals surface area contributed by atoms with E-state index in [0.717, 1.165) is 36.9 Å². The number of benzene rings is 1. The van der Waals surface area contributed by atoms with E-state index in [1.807, 2.05) is 6.07 Å². The van der Waals surface area contributed by atoms with E-state index in [1.54, 1.807) is 18.2 Å². The highest BCUT2D eigenvalue weighted by atomic mass is 32.1. The van der Waals surface area contributed by atoms with Crippen LogP contribution >= 0.6 is 11.3 Å². The van der Waals surface area contributed by atoms with Crippen LogP contribution in [0.2, 0.25) is 0 Å². The molecule has 0 unspecified atom stereocenters. The Morgan fingerprint density at radius 3 is 2.19 bits per heavy atom. The second-order valence-corrected chi connectivity index (χ2v) is 5.96. The van der Waals surface area contributed by atoms with Gasteiger partial charge in [0.15, 0.2) is 0 Å². The van der Waals surface area contributed by atoms with Crippen molar-refractivity contribution in [2.75, 3.05) is 36.0 Å². The number of piperazine rings is 1. The van der Waals surface area contributed by atoms with Crippen LogP contribution in [0, 0.1) is 5.82 Å². The molecule has 0 saturated carbocycles. The summed E-state index contributed by atoms with van der Waals surface area (Å²) in [6, 6.07) is 10.0. The van der Waals surface area contributed by atoms with Crippen molar-refractivity contribution in [2.24, 2.45) is 0 Å². The molecule has 1 aromatic carbocycles. The summed E-state index contributed by atoms with van der Waals surface area (Å²) in [5.41, 5.74) is 1.02. The lowest BCUT2D eigenvalue weighted by molar-refractivity contribution is 0.0702. The molecule has 4 nitrogen and oxygen atoms in total. The molecule has 3 rings (SSSR count). The second kappa shape index (κ2) is 5.73. The third-order valence-electron chi connectivity index (χ3n) is 3.59. The summed E-state index contributed by atoms with van der Waals surface area (Å²) in [6.45, 7) is 3.34. The van der Waals surface area contributed by atoms with Gasteiger partial charge in [0.2, 0.25) is 0 Å². The minimum atomic E-state index is -0.879. The van der Waals surface area contributed by atoms with E-state index in [1.165, 1.54) is 23.5 Å². The SMILES string of the molecule is O=C(O)c1ccc(N2CCN(c3ccc(F)cc3)CC2)s1. The van der Waals surface area contributed by atoms with Crippen molar-refractivity contribution in [3.8, 4) is 0 Å². The first-order chi connectivity index (χ1) is 10.1. The van der Waals surface area contributed by atoms with Crippen molar-refractivity contribution >= 4 is 28.0 Å². The van der Waals surface area contributed by atoms with Crippen molar-refractivity contribution in [3.05, 3.63) is 47.1 Å². The van der Waals surface area contributed by atoms with Crippen molar-refractivity contribution in [1.82, 2.24) is 0 Å². The average Bonchev–Trinajstić information content (AvgIpc) is 2.98. The summed E-state index contributed by atoms with van der Waals surface area (Å²) in [4.78, 5) is 15.7. The fourth-order valence-electron chi connectivity index (χ4n) is 2.45. The van der Waals surface area contributed by atoms with Gasteiger partial charge in [-0.1, -0.05) is 0 Å². The average molecular weight is 306 g/mol. The topological polar surface area (TPSA) is 43.8 Å². The molecule has 1 saturated heterocycles.